The smallest absolute Gasteiger partial charge is 0.326 e. The van der Waals surface area contributed by atoms with Gasteiger partial charge in [0.05, 0.1) is 26.0 Å². The number of ether oxygens (including phenoxy) is 1. The molecule has 1 aliphatic rings. The predicted molar refractivity (Wildman–Crippen MR) is 91.4 cm³/mol. The van der Waals surface area contributed by atoms with Crippen LogP contribution in [0, 0.1) is 0 Å². The lowest BCUT2D eigenvalue weighted by atomic mass is 10.1. The molecule has 0 radical (unpaired) electrons. The highest BCUT2D eigenvalue weighted by Crippen LogP contribution is 2.31. The predicted octanol–water partition coefficient (Wildman–Crippen LogP) is 3.08. The van der Waals surface area contributed by atoms with E-state index in [1.165, 1.54) is 23.5 Å². The number of amides is 2. The minimum atomic E-state index is -0.864. The van der Waals surface area contributed by atoms with E-state index < -0.39 is 30.9 Å². The van der Waals surface area contributed by atoms with Gasteiger partial charge in [-0.2, -0.15) is 0 Å². The van der Waals surface area contributed by atoms with Crippen LogP contribution in [0.4, 0.5) is 0 Å². The fourth-order valence-corrected chi connectivity index (χ4v) is 3.24. The number of carbonyl (C=O) groups is 4. The second kappa shape index (κ2) is 6.95. The first-order valence-electron chi connectivity index (χ1n) is 6.96. The average Bonchev–Trinajstić information content (AvgIpc) is 3.19. The fraction of sp³-hybridized carbons (Fsp3) is 0.125. The Hall–Kier alpha value is -2.22. The van der Waals surface area contributed by atoms with Gasteiger partial charge in [-0.25, -0.2) is 0 Å². The SMILES string of the molecule is O=C(CN1C(=O)c2cc(Cl)c(Cl)cc2C1=O)OCC(=O)c1cccs1. The summed E-state index contributed by atoms with van der Waals surface area (Å²) in [6, 6.07) is 5.88. The number of halogens is 2. The summed E-state index contributed by atoms with van der Waals surface area (Å²) in [5.74, 6) is -2.55. The fourth-order valence-electron chi connectivity index (χ4n) is 2.26. The normalized spacial score (nSPS) is 13.1. The molecule has 0 aliphatic carbocycles. The van der Waals surface area contributed by atoms with E-state index in [4.69, 9.17) is 27.9 Å². The van der Waals surface area contributed by atoms with E-state index in [0.29, 0.717) is 4.88 Å². The average molecular weight is 398 g/mol. The summed E-state index contributed by atoms with van der Waals surface area (Å²) in [7, 11) is 0. The van der Waals surface area contributed by atoms with Crippen LogP contribution < -0.4 is 0 Å². The molecule has 3 rings (SSSR count). The highest BCUT2D eigenvalue weighted by Gasteiger charge is 2.37. The summed E-state index contributed by atoms with van der Waals surface area (Å²) in [4.78, 5) is 49.4. The first kappa shape index (κ1) is 17.6. The third kappa shape index (κ3) is 3.44. The van der Waals surface area contributed by atoms with Crippen molar-refractivity contribution in [3.8, 4) is 0 Å². The van der Waals surface area contributed by atoms with E-state index in [9.17, 15) is 19.2 Å². The quantitative estimate of drug-likeness (QED) is 0.439. The zero-order valence-electron chi connectivity index (χ0n) is 12.5. The van der Waals surface area contributed by atoms with Gasteiger partial charge in [-0.15, -0.1) is 11.3 Å². The molecule has 2 heterocycles. The monoisotopic (exact) mass is 397 g/mol. The van der Waals surface area contributed by atoms with Crippen LogP contribution in [0.3, 0.4) is 0 Å². The molecular weight excluding hydrogens is 389 g/mol. The Morgan fingerprint density at radius 3 is 2.20 bits per heavy atom. The Morgan fingerprint density at radius 2 is 1.68 bits per heavy atom. The van der Waals surface area contributed by atoms with Gasteiger partial charge in [0.2, 0.25) is 5.78 Å². The number of carbonyl (C=O) groups excluding carboxylic acids is 4. The zero-order valence-corrected chi connectivity index (χ0v) is 14.8. The first-order valence-corrected chi connectivity index (χ1v) is 8.59. The standard InChI is InChI=1S/C16H9Cl2NO5S/c17-10-4-8-9(5-11(10)18)16(23)19(15(8)22)6-14(21)24-7-12(20)13-2-1-3-25-13/h1-5H,6-7H2. The lowest BCUT2D eigenvalue weighted by Gasteiger charge is -2.12. The first-order chi connectivity index (χ1) is 11.9. The zero-order chi connectivity index (χ0) is 18.1. The molecule has 2 amide bonds. The maximum atomic E-state index is 12.3. The van der Waals surface area contributed by atoms with E-state index in [2.05, 4.69) is 0 Å². The van der Waals surface area contributed by atoms with Gasteiger partial charge < -0.3 is 4.74 Å². The van der Waals surface area contributed by atoms with Gasteiger partial charge in [0.25, 0.3) is 11.8 Å². The van der Waals surface area contributed by atoms with Gasteiger partial charge in [-0.1, -0.05) is 29.3 Å². The topological polar surface area (TPSA) is 80.8 Å². The van der Waals surface area contributed by atoms with E-state index in [1.807, 2.05) is 0 Å². The maximum Gasteiger partial charge on any atom is 0.326 e. The number of Topliss-reactive ketones (excluding diaryl/α,β-unsaturated/α-hetero) is 1. The van der Waals surface area contributed by atoms with Crippen molar-refractivity contribution in [1.82, 2.24) is 4.90 Å². The van der Waals surface area contributed by atoms with Gasteiger partial charge in [-0.05, 0) is 23.6 Å². The number of benzene rings is 1. The number of fused-ring (bicyclic) bond motifs is 1. The molecule has 1 aliphatic heterocycles. The third-order valence-electron chi connectivity index (χ3n) is 3.46. The van der Waals surface area contributed by atoms with Gasteiger partial charge in [0.15, 0.2) is 6.61 Å². The lowest BCUT2D eigenvalue weighted by molar-refractivity contribution is -0.142. The Balaban J connectivity index is 1.65. The minimum absolute atomic E-state index is 0.0712. The Labute approximate surface area is 155 Å². The number of ketones is 1. The molecule has 0 saturated carbocycles. The van der Waals surface area contributed by atoms with Crippen molar-refractivity contribution in [1.29, 1.82) is 0 Å². The van der Waals surface area contributed by atoms with Crippen molar-refractivity contribution < 1.29 is 23.9 Å². The van der Waals surface area contributed by atoms with Crippen LogP contribution in [-0.2, 0) is 9.53 Å². The summed E-state index contributed by atoms with van der Waals surface area (Å²) in [5.41, 5.74) is 0.142. The summed E-state index contributed by atoms with van der Waals surface area (Å²) in [6.45, 7) is -1.06. The number of nitrogens with zero attached hydrogens (tertiary/aromatic N) is 1. The van der Waals surface area contributed by atoms with Crippen molar-refractivity contribution in [3.05, 3.63) is 55.7 Å². The molecule has 0 saturated heterocycles. The van der Waals surface area contributed by atoms with E-state index in [0.717, 1.165) is 4.90 Å². The van der Waals surface area contributed by atoms with Crippen LogP contribution >= 0.6 is 34.5 Å². The molecule has 0 N–H and O–H groups in total. The molecule has 25 heavy (non-hydrogen) atoms. The van der Waals surface area contributed by atoms with Crippen LogP contribution in [0.5, 0.6) is 0 Å². The Kier molecular flexibility index (Phi) is 4.89. The number of hydrogen-bond acceptors (Lipinski definition) is 6. The lowest BCUT2D eigenvalue weighted by Crippen LogP contribution is -2.36. The number of imide groups is 1. The maximum absolute atomic E-state index is 12.3. The minimum Gasteiger partial charge on any atom is -0.456 e. The Bertz CT molecular complexity index is 853. The number of rotatable bonds is 5. The molecule has 0 spiro atoms. The molecule has 9 heteroatoms. The molecule has 0 unspecified atom stereocenters. The largest absolute Gasteiger partial charge is 0.456 e. The number of esters is 1. The molecule has 6 nitrogen and oxygen atoms in total. The molecule has 0 fully saturated rings. The van der Waals surface area contributed by atoms with Crippen LogP contribution in [0.15, 0.2) is 29.6 Å². The van der Waals surface area contributed by atoms with Gasteiger partial charge >= 0.3 is 5.97 Å². The van der Waals surface area contributed by atoms with Crippen LogP contribution in [-0.4, -0.2) is 41.6 Å². The van der Waals surface area contributed by atoms with Crippen molar-refractivity contribution >= 4 is 58.1 Å². The number of thiophene rings is 1. The van der Waals surface area contributed by atoms with Crippen LogP contribution in [0.1, 0.15) is 30.4 Å². The molecule has 1 aromatic heterocycles. The summed E-state index contributed by atoms with van der Waals surface area (Å²) < 4.78 is 4.85. The number of hydrogen-bond donors (Lipinski definition) is 0. The van der Waals surface area contributed by atoms with Crippen molar-refractivity contribution in [3.63, 3.8) is 0 Å². The second-order valence-electron chi connectivity index (χ2n) is 5.07. The molecule has 1 aromatic carbocycles. The Morgan fingerprint density at radius 1 is 1.08 bits per heavy atom. The highest BCUT2D eigenvalue weighted by molar-refractivity contribution is 7.12. The van der Waals surface area contributed by atoms with Gasteiger partial charge in [-0.3, -0.25) is 24.1 Å². The van der Waals surface area contributed by atoms with Crippen molar-refractivity contribution in [2.75, 3.05) is 13.2 Å². The molecule has 2 aromatic rings. The third-order valence-corrected chi connectivity index (χ3v) is 5.09. The molecular formula is C16H9Cl2NO5S. The summed E-state index contributed by atoms with van der Waals surface area (Å²) in [6.07, 6.45) is 0. The van der Waals surface area contributed by atoms with Crippen LogP contribution in [0.2, 0.25) is 10.0 Å². The molecule has 128 valence electrons. The van der Waals surface area contributed by atoms with Gasteiger partial charge in [0, 0.05) is 0 Å². The van der Waals surface area contributed by atoms with Gasteiger partial charge in [0.1, 0.15) is 6.54 Å². The highest BCUT2D eigenvalue weighted by atomic mass is 35.5. The van der Waals surface area contributed by atoms with Crippen molar-refractivity contribution in [2.24, 2.45) is 0 Å². The van der Waals surface area contributed by atoms with Crippen molar-refractivity contribution in [2.45, 2.75) is 0 Å². The molecule has 0 atom stereocenters. The summed E-state index contributed by atoms with van der Waals surface area (Å²) >= 11 is 12.9. The van der Waals surface area contributed by atoms with E-state index >= 15 is 0 Å². The molecule has 0 bridgehead atoms. The van der Waals surface area contributed by atoms with Crippen LogP contribution in [0.25, 0.3) is 0 Å². The van der Waals surface area contributed by atoms with E-state index in [1.54, 1.807) is 17.5 Å². The van der Waals surface area contributed by atoms with E-state index in [-0.39, 0.29) is 27.0 Å². The second-order valence-corrected chi connectivity index (χ2v) is 6.83. The summed E-state index contributed by atoms with van der Waals surface area (Å²) in [5, 5.41) is 1.99.